The molecule has 1 amide bonds. The van der Waals surface area contributed by atoms with Gasteiger partial charge in [-0.15, -0.1) is 17.9 Å². The molecule has 3 aromatic rings. The summed E-state index contributed by atoms with van der Waals surface area (Å²) in [5, 5.41) is 6.70. The van der Waals surface area contributed by atoms with Crippen molar-refractivity contribution < 1.29 is 9.53 Å². The van der Waals surface area contributed by atoms with E-state index in [0.717, 1.165) is 28.6 Å². The van der Waals surface area contributed by atoms with Gasteiger partial charge < -0.3 is 14.6 Å². The van der Waals surface area contributed by atoms with Crippen LogP contribution in [0.15, 0.2) is 42.3 Å². The number of carbonyl (C=O) groups excluding carboxylic acids is 1. The maximum absolute atomic E-state index is 12.6. The predicted molar refractivity (Wildman–Crippen MR) is 128 cm³/mol. The molecule has 2 heterocycles. The van der Waals surface area contributed by atoms with Crippen molar-refractivity contribution in [2.75, 3.05) is 6.54 Å². The third-order valence-electron chi connectivity index (χ3n) is 4.58. The molecule has 0 aliphatic rings. The van der Waals surface area contributed by atoms with Crippen molar-refractivity contribution in [3.05, 3.63) is 68.6 Å². The van der Waals surface area contributed by atoms with Gasteiger partial charge in [0.1, 0.15) is 17.4 Å². The third kappa shape index (κ3) is 5.91. The Labute approximate surface area is 196 Å². The van der Waals surface area contributed by atoms with E-state index in [0.29, 0.717) is 40.4 Å². The first-order chi connectivity index (χ1) is 14.8. The topological polar surface area (TPSA) is 56.1 Å². The van der Waals surface area contributed by atoms with E-state index in [1.807, 2.05) is 18.4 Å². The van der Waals surface area contributed by atoms with Crippen molar-refractivity contribution >= 4 is 40.4 Å². The lowest BCUT2D eigenvalue weighted by atomic mass is 10.2. The number of ether oxygens (including phenoxy) is 1. The number of amides is 1. The molecular formula is C23H25Cl2N3O2S. The average Bonchev–Trinajstić information content (AvgIpc) is 3.29. The normalized spacial score (nSPS) is 11.0. The maximum atomic E-state index is 12.6. The van der Waals surface area contributed by atoms with Crippen molar-refractivity contribution in [2.24, 2.45) is 5.92 Å². The molecule has 0 saturated carbocycles. The van der Waals surface area contributed by atoms with E-state index in [1.54, 1.807) is 24.3 Å². The smallest absolute Gasteiger partial charge is 0.253 e. The van der Waals surface area contributed by atoms with Gasteiger partial charge >= 0.3 is 0 Å². The molecule has 3 rings (SSSR count). The molecule has 1 aromatic carbocycles. The van der Waals surface area contributed by atoms with Crippen molar-refractivity contribution in [3.8, 4) is 17.1 Å². The Morgan fingerprint density at radius 1 is 1.29 bits per heavy atom. The van der Waals surface area contributed by atoms with E-state index in [4.69, 9.17) is 32.9 Å². The van der Waals surface area contributed by atoms with Crippen LogP contribution in [0, 0.1) is 12.8 Å². The second-order valence-electron chi connectivity index (χ2n) is 7.55. The lowest BCUT2D eigenvalue weighted by Crippen LogP contribution is -2.23. The van der Waals surface area contributed by atoms with Crippen molar-refractivity contribution in [1.82, 2.24) is 14.9 Å². The van der Waals surface area contributed by atoms with Gasteiger partial charge in [-0.05, 0) is 37.1 Å². The number of rotatable bonds is 9. The Hall–Kier alpha value is -2.28. The van der Waals surface area contributed by atoms with Crippen LogP contribution in [0.25, 0.3) is 11.4 Å². The molecule has 0 saturated heterocycles. The van der Waals surface area contributed by atoms with Crippen molar-refractivity contribution in [1.29, 1.82) is 0 Å². The summed E-state index contributed by atoms with van der Waals surface area (Å²) in [6, 6.07) is 7.00. The molecule has 2 aromatic heterocycles. The number of halogens is 2. The number of nitrogens with one attached hydrogen (secondary N) is 1. The summed E-state index contributed by atoms with van der Waals surface area (Å²) in [5.41, 5.74) is 3.31. The zero-order chi connectivity index (χ0) is 22.5. The standard InChI is InChI=1S/C23H25Cl2N3O2S/c1-5-6-26-23(29)19-10-21(28(15(19)4)11-14(2)3)20-13-31-22(27-20)12-30-18-8-16(24)7-17(25)9-18/h5,7-10,13-14H,1,6,11-12H2,2-4H3,(H,26,29). The summed E-state index contributed by atoms with van der Waals surface area (Å²) in [7, 11) is 0. The van der Waals surface area contributed by atoms with Crippen LogP contribution < -0.4 is 10.1 Å². The highest BCUT2D eigenvalue weighted by molar-refractivity contribution is 7.09. The summed E-state index contributed by atoms with van der Waals surface area (Å²) in [4.78, 5) is 17.3. The van der Waals surface area contributed by atoms with Gasteiger partial charge in [0.25, 0.3) is 5.91 Å². The fraction of sp³-hybridized carbons (Fsp3) is 0.304. The fourth-order valence-corrected chi connectivity index (χ4v) is 4.40. The molecule has 0 spiro atoms. The van der Waals surface area contributed by atoms with E-state index >= 15 is 0 Å². The number of hydrogen-bond acceptors (Lipinski definition) is 4. The number of carbonyl (C=O) groups is 1. The number of thiazole rings is 1. The molecule has 0 unspecified atom stereocenters. The highest BCUT2D eigenvalue weighted by atomic mass is 35.5. The minimum atomic E-state index is -0.113. The number of hydrogen-bond donors (Lipinski definition) is 1. The molecule has 31 heavy (non-hydrogen) atoms. The van der Waals surface area contributed by atoms with E-state index in [-0.39, 0.29) is 5.91 Å². The third-order valence-corrected chi connectivity index (χ3v) is 5.84. The molecule has 0 aliphatic carbocycles. The Bertz CT molecular complexity index is 1070. The van der Waals surface area contributed by atoms with Gasteiger partial charge in [-0.3, -0.25) is 4.79 Å². The van der Waals surface area contributed by atoms with Crippen molar-refractivity contribution in [2.45, 2.75) is 33.9 Å². The van der Waals surface area contributed by atoms with Crippen LogP contribution >= 0.6 is 34.5 Å². The number of benzene rings is 1. The first kappa shape index (κ1) is 23.4. The first-order valence-corrected chi connectivity index (χ1v) is 11.5. The summed E-state index contributed by atoms with van der Waals surface area (Å²) in [5.74, 6) is 0.898. The van der Waals surface area contributed by atoms with Crippen LogP contribution in [0.3, 0.4) is 0 Å². The van der Waals surface area contributed by atoms with Gasteiger partial charge in [0, 0.05) is 34.2 Å². The molecular weight excluding hydrogens is 453 g/mol. The van der Waals surface area contributed by atoms with Gasteiger partial charge in [-0.1, -0.05) is 43.1 Å². The van der Waals surface area contributed by atoms with E-state index in [1.165, 1.54) is 11.3 Å². The van der Waals surface area contributed by atoms with Gasteiger partial charge in [0.15, 0.2) is 0 Å². The monoisotopic (exact) mass is 477 g/mol. The van der Waals surface area contributed by atoms with E-state index < -0.39 is 0 Å². The SMILES string of the molecule is C=CCNC(=O)c1cc(-c2csc(COc3cc(Cl)cc(Cl)c3)n2)n(CC(C)C)c1C. The molecule has 0 radical (unpaired) electrons. The van der Waals surface area contributed by atoms with E-state index in [9.17, 15) is 4.79 Å². The second kappa shape index (κ2) is 10.4. The molecule has 0 fully saturated rings. The van der Waals surface area contributed by atoms with Crippen molar-refractivity contribution in [3.63, 3.8) is 0 Å². The van der Waals surface area contributed by atoms with Crippen LogP contribution in [0.4, 0.5) is 0 Å². The van der Waals surface area contributed by atoms with Gasteiger partial charge in [0.2, 0.25) is 0 Å². The Morgan fingerprint density at radius 3 is 2.65 bits per heavy atom. The Morgan fingerprint density at radius 2 is 2.00 bits per heavy atom. The van der Waals surface area contributed by atoms with Gasteiger partial charge in [-0.2, -0.15) is 0 Å². The van der Waals surface area contributed by atoms with Crippen LogP contribution in [-0.2, 0) is 13.2 Å². The van der Waals surface area contributed by atoms with Gasteiger partial charge in [0.05, 0.1) is 17.0 Å². The fourth-order valence-electron chi connectivity index (χ4n) is 3.20. The number of aromatic nitrogens is 2. The molecule has 5 nitrogen and oxygen atoms in total. The van der Waals surface area contributed by atoms with Crippen LogP contribution in [0.5, 0.6) is 5.75 Å². The zero-order valence-electron chi connectivity index (χ0n) is 17.7. The maximum Gasteiger partial charge on any atom is 0.253 e. The summed E-state index contributed by atoms with van der Waals surface area (Å²) in [6.45, 7) is 11.4. The van der Waals surface area contributed by atoms with Crippen LogP contribution in [0.2, 0.25) is 10.0 Å². The summed E-state index contributed by atoms with van der Waals surface area (Å²) < 4.78 is 7.96. The summed E-state index contributed by atoms with van der Waals surface area (Å²) in [6.07, 6.45) is 1.67. The molecule has 164 valence electrons. The minimum absolute atomic E-state index is 0.113. The first-order valence-electron chi connectivity index (χ1n) is 9.91. The van der Waals surface area contributed by atoms with Crippen LogP contribution in [-0.4, -0.2) is 22.0 Å². The molecule has 0 bridgehead atoms. The van der Waals surface area contributed by atoms with E-state index in [2.05, 4.69) is 30.3 Å². The lowest BCUT2D eigenvalue weighted by Gasteiger charge is -2.13. The quantitative estimate of drug-likeness (QED) is 0.363. The second-order valence-corrected chi connectivity index (χ2v) is 9.37. The zero-order valence-corrected chi connectivity index (χ0v) is 20.1. The molecule has 1 N–H and O–H groups in total. The molecule has 0 atom stereocenters. The Balaban J connectivity index is 1.85. The summed E-state index contributed by atoms with van der Waals surface area (Å²) >= 11 is 13.6. The molecule has 8 heteroatoms. The lowest BCUT2D eigenvalue weighted by molar-refractivity contribution is 0.0957. The number of nitrogens with zero attached hydrogens (tertiary/aromatic N) is 2. The van der Waals surface area contributed by atoms with Crippen LogP contribution in [0.1, 0.15) is 34.9 Å². The highest BCUT2D eigenvalue weighted by Gasteiger charge is 2.20. The molecule has 0 aliphatic heterocycles. The van der Waals surface area contributed by atoms with Gasteiger partial charge in [-0.25, -0.2) is 4.98 Å². The largest absolute Gasteiger partial charge is 0.486 e. The minimum Gasteiger partial charge on any atom is -0.486 e. The predicted octanol–water partition coefficient (Wildman–Crippen LogP) is 6.38. The highest BCUT2D eigenvalue weighted by Crippen LogP contribution is 2.30. The average molecular weight is 478 g/mol. The Kier molecular flexibility index (Phi) is 7.81.